The highest BCUT2D eigenvalue weighted by Gasteiger charge is 2.13. The third kappa shape index (κ3) is 4.84. The number of primary amides is 1. The molecule has 0 aromatic heterocycles. The van der Waals surface area contributed by atoms with E-state index in [2.05, 4.69) is 21.2 Å². The molecule has 0 aliphatic carbocycles. The van der Waals surface area contributed by atoms with Crippen LogP contribution in [0.3, 0.4) is 0 Å². The summed E-state index contributed by atoms with van der Waals surface area (Å²) in [5.41, 5.74) is 4.91. The monoisotopic (exact) mass is 320 g/mol. The number of amides is 1. The predicted octanol–water partition coefficient (Wildman–Crippen LogP) is 0.298. The third-order valence-corrected chi connectivity index (χ3v) is 4.28. The van der Waals surface area contributed by atoms with Crippen LogP contribution in [0.2, 0.25) is 0 Å². The van der Waals surface area contributed by atoms with E-state index in [9.17, 15) is 13.2 Å². The van der Waals surface area contributed by atoms with Crippen LogP contribution >= 0.6 is 15.9 Å². The van der Waals surface area contributed by atoms with E-state index in [1.165, 1.54) is 12.1 Å². The van der Waals surface area contributed by atoms with E-state index in [0.717, 1.165) is 4.47 Å². The average molecular weight is 321 g/mol. The lowest BCUT2D eigenvalue weighted by atomic mass is 10.4. The second-order valence-electron chi connectivity index (χ2n) is 3.42. The fraction of sp³-hybridized carbons (Fsp3) is 0.300. The van der Waals surface area contributed by atoms with Gasteiger partial charge in [0.1, 0.15) is 0 Å². The molecule has 0 saturated carbocycles. The Hall–Kier alpha value is -0.920. The molecular weight excluding hydrogens is 308 g/mol. The van der Waals surface area contributed by atoms with Crippen LogP contribution in [0.15, 0.2) is 33.6 Å². The lowest BCUT2D eigenvalue weighted by molar-refractivity contribution is -0.117. The predicted molar refractivity (Wildman–Crippen MR) is 68.3 cm³/mol. The maximum Gasteiger partial charge on any atom is 0.231 e. The first-order chi connectivity index (χ1) is 7.92. The SMILES string of the molecule is NC(=O)CNCCS(=O)(=O)c1ccc(Br)cc1. The molecule has 94 valence electrons. The molecule has 1 aromatic carbocycles. The number of carbonyl (C=O) groups is 1. The Morgan fingerprint density at radius 1 is 1.29 bits per heavy atom. The van der Waals surface area contributed by atoms with E-state index in [4.69, 9.17) is 5.73 Å². The van der Waals surface area contributed by atoms with Gasteiger partial charge >= 0.3 is 0 Å². The van der Waals surface area contributed by atoms with Crippen LogP contribution in [-0.2, 0) is 14.6 Å². The van der Waals surface area contributed by atoms with Crippen LogP contribution in [0, 0.1) is 0 Å². The van der Waals surface area contributed by atoms with Crippen LogP contribution in [0.1, 0.15) is 0 Å². The number of hydrogen-bond acceptors (Lipinski definition) is 4. The van der Waals surface area contributed by atoms with E-state index >= 15 is 0 Å². The van der Waals surface area contributed by atoms with E-state index in [-0.39, 0.29) is 23.7 Å². The minimum atomic E-state index is -3.31. The molecule has 1 rings (SSSR count). The summed E-state index contributed by atoms with van der Waals surface area (Å²) in [6.45, 7) is 0.178. The van der Waals surface area contributed by atoms with Gasteiger partial charge in [-0.05, 0) is 24.3 Å². The second-order valence-corrected chi connectivity index (χ2v) is 6.44. The Balaban J connectivity index is 2.57. The van der Waals surface area contributed by atoms with Crippen LogP contribution in [0.25, 0.3) is 0 Å². The number of rotatable bonds is 6. The van der Waals surface area contributed by atoms with Crippen molar-refractivity contribution in [3.8, 4) is 0 Å². The number of sulfone groups is 1. The third-order valence-electron chi connectivity index (χ3n) is 2.02. The molecule has 0 bridgehead atoms. The Morgan fingerprint density at radius 3 is 2.41 bits per heavy atom. The van der Waals surface area contributed by atoms with Crippen molar-refractivity contribution in [3.05, 3.63) is 28.7 Å². The zero-order valence-electron chi connectivity index (χ0n) is 9.02. The fourth-order valence-corrected chi connectivity index (χ4v) is 2.64. The van der Waals surface area contributed by atoms with Crippen LogP contribution in [0.5, 0.6) is 0 Å². The van der Waals surface area contributed by atoms with Crippen molar-refractivity contribution in [2.45, 2.75) is 4.90 Å². The number of halogens is 1. The molecule has 0 saturated heterocycles. The quantitative estimate of drug-likeness (QED) is 0.738. The van der Waals surface area contributed by atoms with Gasteiger partial charge in [0.2, 0.25) is 5.91 Å². The summed E-state index contributed by atoms with van der Waals surface area (Å²) in [7, 11) is -3.31. The lowest BCUT2D eigenvalue weighted by Crippen LogP contribution is -2.32. The first-order valence-corrected chi connectivity index (χ1v) is 7.34. The Kier molecular flexibility index (Phi) is 5.10. The second kappa shape index (κ2) is 6.13. The molecule has 0 aliphatic heterocycles. The van der Waals surface area contributed by atoms with Crippen molar-refractivity contribution in [3.63, 3.8) is 0 Å². The molecule has 0 atom stereocenters. The standard InChI is InChI=1S/C10H13BrN2O3S/c11-8-1-3-9(4-2-8)17(15,16)6-5-13-7-10(12)14/h1-4,13H,5-7H2,(H2,12,14). The van der Waals surface area contributed by atoms with Crippen LogP contribution in [0.4, 0.5) is 0 Å². The normalized spacial score (nSPS) is 11.4. The van der Waals surface area contributed by atoms with Gasteiger partial charge in [-0.3, -0.25) is 4.79 Å². The molecule has 1 aromatic rings. The average Bonchev–Trinajstić information content (AvgIpc) is 2.25. The van der Waals surface area contributed by atoms with Crippen molar-refractivity contribution in [2.24, 2.45) is 5.73 Å². The highest BCUT2D eigenvalue weighted by atomic mass is 79.9. The van der Waals surface area contributed by atoms with Gasteiger partial charge in [0.05, 0.1) is 17.2 Å². The van der Waals surface area contributed by atoms with Crippen molar-refractivity contribution in [2.75, 3.05) is 18.8 Å². The van der Waals surface area contributed by atoms with Crippen LogP contribution in [-0.4, -0.2) is 33.2 Å². The van der Waals surface area contributed by atoms with Crippen molar-refractivity contribution < 1.29 is 13.2 Å². The number of carbonyl (C=O) groups excluding carboxylic acids is 1. The highest BCUT2D eigenvalue weighted by Crippen LogP contribution is 2.15. The Labute approximate surface area is 108 Å². The molecule has 17 heavy (non-hydrogen) atoms. The summed E-state index contributed by atoms with van der Waals surface area (Å²) in [6, 6.07) is 6.41. The molecule has 0 unspecified atom stereocenters. The minimum absolute atomic E-state index is 0.0180. The topological polar surface area (TPSA) is 89.3 Å². The van der Waals surface area contributed by atoms with Gasteiger partial charge in [0, 0.05) is 11.0 Å². The zero-order chi connectivity index (χ0) is 12.9. The van der Waals surface area contributed by atoms with E-state index < -0.39 is 15.7 Å². The van der Waals surface area contributed by atoms with Gasteiger partial charge in [-0.15, -0.1) is 0 Å². The highest BCUT2D eigenvalue weighted by molar-refractivity contribution is 9.10. The molecule has 0 spiro atoms. The van der Waals surface area contributed by atoms with Crippen molar-refractivity contribution in [1.82, 2.24) is 5.32 Å². The minimum Gasteiger partial charge on any atom is -0.369 e. The van der Waals surface area contributed by atoms with E-state index in [1.807, 2.05) is 0 Å². The summed E-state index contributed by atoms with van der Waals surface area (Å²) < 4.78 is 24.5. The molecule has 3 N–H and O–H groups in total. The maximum absolute atomic E-state index is 11.8. The largest absolute Gasteiger partial charge is 0.369 e. The number of benzene rings is 1. The Bertz CT molecular complexity index is 485. The summed E-state index contributed by atoms with van der Waals surface area (Å²) in [4.78, 5) is 10.7. The van der Waals surface area contributed by atoms with Crippen molar-refractivity contribution >= 4 is 31.7 Å². The summed E-state index contributed by atoms with van der Waals surface area (Å²) in [5, 5.41) is 2.66. The van der Waals surface area contributed by atoms with Gasteiger partial charge < -0.3 is 11.1 Å². The first-order valence-electron chi connectivity index (χ1n) is 4.89. The molecule has 7 heteroatoms. The molecule has 0 fully saturated rings. The Morgan fingerprint density at radius 2 is 1.88 bits per heavy atom. The smallest absolute Gasteiger partial charge is 0.231 e. The van der Waals surface area contributed by atoms with E-state index in [1.54, 1.807) is 12.1 Å². The van der Waals surface area contributed by atoms with E-state index in [0.29, 0.717) is 0 Å². The van der Waals surface area contributed by atoms with Gasteiger partial charge in [-0.25, -0.2) is 8.42 Å². The zero-order valence-corrected chi connectivity index (χ0v) is 11.4. The van der Waals surface area contributed by atoms with Crippen molar-refractivity contribution in [1.29, 1.82) is 0 Å². The molecule has 1 amide bonds. The number of nitrogens with one attached hydrogen (secondary N) is 1. The molecule has 0 heterocycles. The maximum atomic E-state index is 11.8. The van der Waals surface area contributed by atoms with Gasteiger partial charge in [-0.1, -0.05) is 15.9 Å². The van der Waals surface area contributed by atoms with Crippen LogP contribution < -0.4 is 11.1 Å². The molecule has 0 radical (unpaired) electrons. The first kappa shape index (κ1) is 14.1. The van der Waals surface area contributed by atoms with Gasteiger partial charge in [-0.2, -0.15) is 0 Å². The molecular formula is C10H13BrN2O3S. The summed E-state index contributed by atoms with van der Waals surface area (Å²) in [6.07, 6.45) is 0. The van der Waals surface area contributed by atoms with Gasteiger partial charge in [0.15, 0.2) is 9.84 Å². The molecule has 0 aliphatic rings. The summed E-state index contributed by atoms with van der Waals surface area (Å²) >= 11 is 3.23. The number of hydrogen-bond donors (Lipinski definition) is 2. The lowest BCUT2D eigenvalue weighted by Gasteiger charge is -2.05. The van der Waals surface area contributed by atoms with Gasteiger partial charge in [0.25, 0.3) is 0 Å². The fourth-order valence-electron chi connectivity index (χ4n) is 1.18. The molecule has 5 nitrogen and oxygen atoms in total. The summed E-state index contributed by atoms with van der Waals surface area (Å²) in [5.74, 6) is -0.576. The number of nitrogens with two attached hydrogens (primary N) is 1.